The molecule has 0 aliphatic carbocycles. The molecule has 1 aromatic carbocycles. The van der Waals surface area contributed by atoms with Crippen LogP contribution >= 0.6 is 11.8 Å². The van der Waals surface area contributed by atoms with Crippen LogP contribution in [0.3, 0.4) is 0 Å². The van der Waals surface area contributed by atoms with Crippen molar-refractivity contribution in [2.45, 2.75) is 24.4 Å². The average Bonchev–Trinajstić information content (AvgIpc) is 3.06. The molecule has 3 aromatic rings. The van der Waals surface area contributed by atoms with Crippen LogP contribution < -0.4 is 5.32 Å². The molecule has 2 aromatic heterocycles. The summed E-state index contributed by atoms with van der Waals surface area (Å²) in [5.41, 5.74) is -1.74. The van der Waals surface area contributed by atoms with E-state index in [4.69, 9.17) is 0 Å². The molecule has 1 amide bonds. The number of nitrogens with zero attached hydrogens (tertiary/aromatic N) is 3. The molecule has 3 rings (SSSR count). The molecule has 2 heterocycles. The minimum Gasteiger partial charge on any atom is -0.338 e. The number of H-pyrrole nitrogens is 1. The number of rotatable bonds is 6. The molecule has 0 radical (unpaired) electrons. The van der Waals surface area contributed by atoms with E-state index in [2.05, 4.69) is 33.3 Å². The minimum atomic E-state index is -5.07. The first-order valence-corrected chi connectivity index (χ1v) is 10.0. The number of hydrogen-bond acceptors (Lipinski definition) is 5. The number of carbonyl (C=O) groups excluding carboxylic acids is 1. The number of thioether (sulfide) groups is 1. The molecular formula is C20H15F6N5OS. The molecule has 0 aliphatic heterocycles. The first-order chi connectivity index (χ1) is 15.3. The summed E-state index contributed by atoms with van der Waals surface area (Å²) in [6.45, 7) is 7.32. The van der Waals surface area contributed by atoms with Gasteiger partial charge in [-0.15, -0.1) is 10.2 Å². The summed E-state index contributed by atoms with van der Waals surface area (Å²) in [5.74, 6) is -1.52. The molecule has 0 saturated heterocycles. The number of aromatic amines is 1. The summed E-state index contributed by atoms with van der Waals surface area (Å²) in [4.78, 5) is 19.4. The molecule has 2 N–H and O–H groups in total. The number of amides is 1. The van der Waals surface area contributed by atoms with Gasteiger partial charge in [0, 0.05) is 10.9 Å². The van der Waals surface area contributed by atoms with Crippen LogP contribution in [-0.2, 0) is 4.79 Å². The van der Waals surface area contributed by atoms with Crippen LogP contribution in [0.4, 0.5) is 26.3 Å². The van der Waals surface area contributed by atoms with E-state index in [1.54, 1.807) is 5.32 Å². The van der Waals surface area contributed by atoms with E-state index in [1.807, 2.05) is 25.1 Å². The van der Waals surface area contributed by atoms with Crippen LogP contribution in [0.25, 0.3) is 22.1 Å². The molecule has 174 valence electrons. The highest BCUT2D eigenvalue weighted by atomic mass is 32.2. The molecule has 0 saturated carbocycles. The third kappa shape index (κ3) is 5.72. The van der Waals surface area contributed by atoms with E-state index >= 15 is 0 Å². The van der Waals surface area contributed by atoms with Gasteiger partial charge in [0.25, 0.3) is 0 Å². The fourth-order valence-corrected chi connectivity index (χ4v) is 3.24. The SMILES string of the molecule is C=C(/C=C(/NC(=O)CSc1nnc2c(n1)[nH]c1ccc(C)cc12)C(=C)C(F)(F)F)C(F)(F)F. The second-order valence-electron chi connectivity index (χ2n) is 6.86. The first-order valence-electron chi connectivity index (χ1n) is 9.05. The average molecular weight is 487 g/mol. The topological polar surface area (TPSA) is 83.6 Å². The highest BCUT2D eigenvalue weighted by Gasteiger charge is 2.37. The Labute approximate surface area is 186 Å². The Morgan fingerprint density at radius 1 is 1.15 bits per heavy atom. The van der Waals surface area contributed by atoms with Crippen molar-refractivity contribution < 1.29 is 31.1 Å². The summed E-state index contributed by atoms with van der Waals surface area (Å²) in [6, 6.07) is 5.62. The van der Waals surface area contributed by atoms with Gasteiger partial charge in [0.05, 0.1) is 22.6 Å². The van der Waals surface area contributed by atoms with Crippen molar-refractivity contribution in [2.24, 2.45) is 0 Å². The number of nitrogens with one attached hydrogen (secondary N) is 2. The Balaban J connectivity index is 1.76. The van der Waals surface area contributed by atoms with E-state index in [1.165, 1.54) is 0 Å². The molecular weight excluding hydrogens is 472 g/mol. The van der Waals surface area contributed by atoms with E-state index in [0.717, 1.165) is 28.2 Å². The van der Waals surface area contributed by atoms with Crippen LogP contribution in [0.15, 0.2) is 59.4 Å². The van der Waals surface area contributed by atoms with Gasteiger partial charge in [0.2, 0.25) is 11.1 Å². The molecule has 0 bridgehead atoms. The molecule has 0 unspecified atom stereocenters. The van der Waals surface area contributed by atoms with Gasteiger partial charge >= 0.3 is 12.4 Å². The second-order valence-corrected chi connectivity index (χ2v) is 7.80. The third-order valence-corrected chi connectivity index (χ3v) is 5.14. The highest BCUT2D eigenvalue weighted by molar-refractivity contribution is 7.99. The lowest BCUT2D eigenvalue weighted by Gasteiger charge is -2.16. The quantitative estimate of drug-likeness (QED) is 0.286. The highest BCUT2D eigenvalue weighted by Crippen LogP contribution is 2.32. The number of alkyl halides is 6. The van der Waals surface area contributed by atoms with Gasteiger partial charge in [-0.2, -0.15) is 26.3 Å². The number of benzene rings is 1. The maximum atomic E-state index is 13.0. The number of aromatic nitrogens is 4. The third-order valence-electron chi connectivity index (χ3n) is 4.31. The Hall–Kier alpha value is -3.35. The normalized spacial score (nSPS) is 12.9. The molecule has 0 aliphatic rings. The number of halogens is 6. The van der Waals surface area contributed by atoms with Gasteiger partial charge in [-0.25, -0.2) is 4.98 Å². The fraction of sp³-hybridized carbons (Fsp3) is 0.200. The van der Waals surface area contributed by atoms with Crippen molar-refractivity contribution in [3.05, 3.63) is 59.8 Å². The number of aryl methyl sites for hydroxylation is 1. The Kier molecular flexibility index (Phi) is 6.54. The number of allylic oxidation sites excluding steroid dienone is 3. The summed E-state index contributed by atoms with van der Waals surface area (Å²) in [5, 5.41) is 10.6. The van der Waals surface area contributed by atoms with Gasteiger partial charge in [0.1, 0.15) is 5.52 Å². The first kappa shape index (κ1) is 24.3. The van der Waals surface area contributed by atoms with Crippen molar-refractivity contribution in [1.82, 2.24) is 25.5 Å². The lowest BCUT2D eigenvalue weighted by molar-refractivity contribution is -0.118. The van der Waals surface area contributed by atoms with Gasteiger partial charge in [-0.1, -0.05) is 36.5 Å². The maximum absolute atomic E-state index is 13.0. The summed E-state index contributed by atoms with van der Waals surface area (Å²) in [7, 11) is 0. The monoisotopic (exact) mass is 487 g/mol. The zero-order chi connectivity index (χ0) is 24.6. The summed E-state index contributed by atoms with van der Waals surface area (Å²) < 4.78 is 77.0. The predicted molar refractivity (Wildman–Crippen MR) is 111 cm³/mol. The largest absolute Gasteiger partial charge is 0.417 e. The van der Waals surface area contributed by atoms with Crippen molar-refractivity contribution >= 4 is 39.7 Å². The van der Waals surface area contributed by atoms with E-state index in [0.29, 0.717) is 11.2 Å². The molecule has 13 heteroatoms. The van der Waals surface area contributed by atoms with Crippen LogP contribution in [-0.4, -0.2) is 44.2 Å². The zero-order valence-corrected chi connectivity index (χ0v) is 17.7. The lowest BCUT2D eigenvalue weighted by atomic mass is 10.1. The van der Waals surface area contributed by atoms with Gasteiger partial charge in [0.15, 0.2) is 5.65 Å². The van der Waals surface area contributed by atoms with E-state index < -0.39 is 40.9 Å². The van der Waals surface area contributed by atoms with E-state index in [-0.39, 0.29) is 11.2 Å². The van der Waals surface area contributed by atoms with Gasteiger partial charge in [-0.05, 0) is 25.1 Å². The predicted octanol–water partition coefficient (Wildman–Crippen LogP) is 5.14. The molecule has 0 atom stereocenters. The number of fused-ring (bicyclic) bond motifs is 3. The number of carbonyl (C=O) groups is 1. The minimum absolute atomic E-state index is 0.0424. The van der Waals surface area contributed by atoms with Crippen LogP contribution in [0.2, 0.25) is 0 Å². The number of hydrogen-bond donors (Lipinski definition) is 2. The van der Waals surface area contributed by atoms with Crippen LogP contribution in [0.5, 0.6) is 0 Å². The molecule has 33 heavy (non-hydrogen) atoms. The van der Waals surface area contributed by atoms with Crippen molar-refractivity contribution in [1.29, 1.82) is 0 Å². The molecule has 0 fully saturated rings. The van der Waals surface area contributed by atoms with Crippen molar-refractivity contribution in [3.63, 3.8) is 0 Å². The van der Waals surface area contributed by atoms with Gasteiger partial charge in [-0.3, -0.25) is 4.79 Å². The Morgan fingerprint density at radius 2 is 1.85 bits per heavy atom. The van der Waals surface area contributed by atoms with Crippen molar-refractivity contribution in [2.75, 3.05) is 5.75 Å². The molecule has 0 spiro atoms. The van der Waals surface area contributed by atoms with Crippen molar-refractivity contribution in [3.8, 4) is 0 Å². The second kappa shape index (κ2) is 8.89. The van der Waals surface area contributed by atoms with Crippen LogP contribution in [0, 0.1) is 6.92 Å². The van der Waals surface area contributed by atoms with Gasteiger partial charge < -0.3 is 10.3 Å². The summed E-state index contributed by atoms with van der Waals surface area (Å²) >= 11 is 0.742. The fourth-order valence-electron chi connectivity index (χ4n) is 2.66. The standard InChI is InChI=1S/C20H15F6N5OS/c1-9-4-5-13-12(6-9)16-17(28-13)29-18(31-30-16)33-8-15(32)27-14(11(3)20(24,25)26)7-10(2)19(21,22)23/h4-7H,2-3,8H2,1H3,(H,27,32)(H,28,29,31)/b14-7+. The Bertz CT molecular complexity index is 1290. The molecule has 6 nitrogen and oxygen atoms in total. The van der Waals surface area contributed by atoms with Crippen LogP contribution in [0.1, 0.15) is 5.56 Å². The summed E-state index contributed by atoms with van der Waals surface area (Å²) in [6.07, 6.45) is -9.97. The maximum Gasteiger partial charge on any atom is 0.417 e. The Morgan fingerprint density at radius 3 is 2.48 bits per heavy atom. The van der Waals surface area contributed by atoms with E-state index in [9.17, 15) is 31.1 Å². The zero-order valence-electron chi connectivity index (χ0n) is 16.9. The smallest absolute Gasteiger partial charge is 0.338 e. The lowest BCUT2D eigenvalue weighted by Crippen LogP contribution is -2.30.